The number of ether oxygens (including phenoxy) is 1. The highest BCUT2D eigenvalue weighted by atomic mass is 19.3. The fraction of sp³-hybridized carbons (Fsp3) is 0.333. The second kappa shape index (κ2) is 9.50. The van der Waals surface area contributed by atoms with Crippen LogP contribution in [0.2, 0.25) is 0 Å². The third-order valence-electron chi connectivity index (χ3n) is 4.39. The van der Waals surface area contributed by atoms with Crippen molar-refractivity contribution in [2.45, 2.75) is 40.3 Å². The second-order valence-electron chi connectivity index (χ2n) is 6.97. The minimum atomic E-state index is -2.51. The maximum absolute atomic E-state index is 11.5. The van der Waals surface area contributed by atoms with Gasteiger partial charge in [-0.05, 0) is 52.0 Å². The van der Waals surface area contributed by atoms with Gasteiger partial charge in [-0.3, -0.25) is 4.68 Å². The van der Waals surface area contributed by atoms with Crippen LogP contribution < -0.4 is 10.5 Å². The number of hydrogen-bond donors (Lipinski definition) is 1. The normalized spacial score (nSPS) is 11.1. The van der Waals surface area contributed by atoms with Crippen LogP contribution in [0, 0.1) is 6.92 Å². The first-order chi connectivity index (χ1) is 14.8. The molecule has 0 spiro atoms. The number of halogens is 2. The van der Waals surface area contributed by atoms with Crippen LogP contribution in [0.25, 0.3) is 22.3 Å². The standard InChI is InChI=1S/C17H21N5O.C4H4F2N2/c1-5-23-17-12(7-6-8-19-17)14-9-13(18)16-15(20-14)11(4)21-22(16)10(2)3;5-4(6)8-3-1-2-7-8/h6-10H,5H2,1-4H3,(H2,18,20);1-4H. The predicted molar refractivity (Wildman–Crippen MR) is 115 cm³/mol. The lowest BCUT2D eigenvalue weighted by atomic mass is 10.1. The SMILES string of the molecule is CCOc1ncccc1-c1cc(N)c2c(n1)c(C)nn2C(C)C.FC(F)n1cccn1. The van der Waals surface area contributed by atoms with Gasteiger partial charge in [-0.25, -0.2) is 14.6 Å². The van der Waals surface area contributed by atoms with Gasteiger partial charge in [-0.15, -0.1) is 0 Å². The van der Waals surface area contributed by atoms with E-state index in [4.69, 9.17) is 15.5 Å². The Hall–Kier alpha value is -3.56. The van der Waals surface area contributed by atoms with Crippen LogP contribution in [-0.4, -0.2) is 36.1 Å². The Kier molecular flexibility index (Phi) is 6.78. The van der Waals surface area contributed by atoms with E-state index in [9.17, 15) is 8.78 Å². The van der Waals surface area contributed by atoms with Gasteiger partial charge >= 0.3 is 6.55 Å². The largest absolute Gasteiger partial charge is 0.477 e. The van der Waals surface area contributed by atoms with Crippen molar-refractivity contribution in [3.8, 4) is 17.1 Å². The Morgan fingerprint density at radius 1 is 1.19 bits per heavy atom. The summed E-state index contributed by atoms with van der Waals surface area (Å²) in [5.41, 5.74) is 11.1. The summed E-state index contributed by atoms with van der Waals surface area (Å²) in [5.74, 6) is 0.565. The number of aromatic nitrogens is 6. The zero-order valence-electron chi connectivity index (χ0n) is 17.8. The molecule has 0 radical (unpaired) electrons. The molecule has 164 valence electrons. The fourth-order valence-electron chi connectivity index (χ4n) is 3.06. The Morgan fingerprint density at radius 2 is 1.97 bits per heavy atom. The van der Waals surface area contributed by atoms with Gasteiger partial charge in [0, 0.05) is 24.6 Å². The number of pyridine rings is 2. The van der Waals surface area contributed by atoms with Gasteiger partial charge in [0.25, 0.3) is 0 Å². The number of anilines is 1. The van der Waals surface area contributed by atoms with Crippen LogP contribution in [0.1, 0.15) is 39.1 Å². The lowest BCUT2D eigenvalue weighted by Crippen LogP contribution is -2.05. The number of nitrogen functional groups attached to an aromatic ring is 1. The van der Waals surface area contributed by atoms with E-state index in [1.54, 1.807) is 6.20 Å². The lowest BCUT2D eigenvalue weighted by Gasteiger charge is -2.11. The summed E-state index contributed by atoms with van der Waals surface area (Å²) >= 11 is 0. The summed E-state index contributed by atoms with van der Waals surface area (Å²) in [4.78, 5) is 9.05. The van der Waals surface area contributed by atoms with Gasteiger partial charge in [0.15, 0.2) is 0 Å². The number of nitrogens with zero attached hydrogens (tertiary/aromatic N) is 6. The van der Waals surface area contributed by atoms with E-state index in [-0.39, 0.29) is 6.04 Å². The average molecular weight is 429 g/mol. The van der Waals surface area contributed by atoms with Crippen LogP contribution in [0.5, 0.6) is 5.88 Å². The van der Waals surface area contributed by atoms with Gasteiger partial charge in [-0.2, -0.15) is 19.0 Å². The van der Waals surface area contributed by atoms with Crippen LogP contribution in [0.3, 0.4) is 0 Å². The smallest absolute Gasteiger partial charge is 0.333 e. The Bertz CT molecular complexity index is 1140. The van der Waals surface area contributed by atoms with Crippen LogP contribution in [0.4, 0.5) is 14.5 Å². The topological polar surface area (TPSA) is 96.7 Å². The van der Waals surface area contributed by atoms with Crippen molar-refractivity contribution in [1.29, 1.82) is 0 Å². The zero-order valence-corrected chi connectivity index (χ0v) is 17.8. The summed E-state index contributed by atoms with van der Waals surface area (Å²) in [6.45, 7) is 6.07. The maximum atomic E-state index is 11.5. The van der Waals surface area contributed by atoms with E-state index in [0.717, 1.165) is 28.0 Å². The van der Waals surface area contributed by atoms with E-state index in [1.165, 1.54) is 18.5 Å². The van der Waals surface area contributed by atoms with Crippen molar-refractivity contribution in [2.24, 2.45) is 0 Å². The number of alkyl halides is 2. The Balaban J connectivity index is 0.000000287. The molecule has 8 nitrogen and oxygen atoms in total. The lowest BCUT2D eigenvalue weighted by molar-refractivity contribution is 0.0566. The molecule has 0 fully saturated rings. The minimum Gasteiger partial charge on any atom is -0.477 e. The number of nitrogens with two attached hydrogens (primary N) is 1. The van der Waals surface area contributed by atoms with E-state index in [0.29, 0.717) is 22.9 Å². The molecule has 0 saturated carbocycles. The van der Waals surface area contributed by atoms with Crippen LogP contribution in [0.15, 0.2) is 42.9 Å². The van der Waals surface area contributed by atoms with Gasteiger partial charge < -0.3 is 10.5 Å². The van der Waals surface area contributed by atoms with E-state index >= 15 is 0 Å². The second-order valence-corrected chi connectivity index (χ2v) is 6.97. The first kappa shape index (κ1) is 22.1. The molecule has 0 atom stereocenters. The molecule has 4 aromatic heterocycles. The van der Waals surface area contributed by atoms with Gasteiger partial charge in [0.1, 0.15) is 11.0 Å². The molecule has 2 N–H and O–H groups in total. The Labute approximate surface area is 178 Å². The molecule has 4 aromatic rings. The third kappa shape index (κ3) is 4.79. The van der Waals surface area contributed by atoms with E-state index in [2.05, 4.69) is 29.0 Å². The summed E-state index contributed by atoms with van der Waals surface area (Å²) in [6, 6.07) is 7.34. The third-order valence-corrected chi connectivity index (χ3v) is 4.39. The highest BCUT2D eigenvalue weighted by Crippen LogP contribution is 2.32. The molecule has 0 aliphatic heterocycles. The maximum Gasteiger partial charge on any atom is 0.333 e. The molecule has 0 saturated heterocycles. The van der Waals surface area contributed by atoms with Gasteiger partial charge in [-0.1, -0.05) is 0 Å². The van der Waals surface area contributed by atoms with Crippen molar-refractivity contribution in [3.63, 3.8) is 0 Å². The number of aryl methyl sites for hydroxylation is 1. The molecular weight excluding hydrogens is 404 g/mol. The van der Waals surface area contributed by atoms with Gasteiger partial charge in [0.2, 0.25) is 5.88 Å². The molecule has 4 rings (SSSR count). The van der Waals surface area contributed by atoms with Gasteiger partial charge in [0.05, 0.1) is 29.2 Å². The van der Waals surface area contributed by atoms with Crippen molar-refractivity contribution in [3.05, 3.63) is 48.5 Å². The molecule has 0 amide bonds. The monoisotopic (exact) mass is 429 g/mol. The van der Waals surface area contributed by atoms with E-state index in [1.807, 2.05) is 36.7 Å². The first-order valence-electron chi connectivity index (χ1n) is 9.84. The molecule has 10 heteroatoms. The summed E-state index contributed by atoms with van der Waals surface area (Å²) in [6.07, 6.45) is 4.23. The number of hydrogen-bond acceptors (Lipinski definition) is 6. The Morgan fingerprint density at radius 3 is 2.55 bits per heavy atom. The van der Waals surface area contributed by atoms with E-state index < -0.39 is 6.55 Å². The van der Waals surface area contributed by atoms with Crippen LogP contribution >= 0.6 is 0 Å². The number of fused-ring (bicyclic) bond motifs is 1. The molecule has 31 heavy (non-hydrogen) atoms. The highest BCUT2D eigenvalue weighted by Gasteiger charge is 2.17. The fourth-order valence-corrected chi connectivity index (χ4v) is 3.06. The highest BCUT2D eigenvalue weighted by molar-refractivity contribution is 5.91. The van der Waals surface area contributed by atoms with Crippen molar-refractivity contribution in [2.75, 3.05) is 12.3 Å². The summed E-state index contributed by atoms with van der Waals surface area (Å²) in [5, 5.41) is 7.85. The average Bonchev–Trinajstić information content (AvgIpc) is 3.38. The van der Waals surface area contributed by atoms with Crippen LogP contribution in [-0.2, 0) is 0 Å². The number of rotatable bonds is 5. The molecule has 0 bridgehead atoms. The van der Waals surface area contributed by atoms with Crippen molar-refractivity contribution in [1.82, 2.24) is 29.5 Å². The summed E-state index contributed by atoms with van der Waals surface area (Å²) < 4.78 is 31.1. The quantitative estimate of drug-likeness (QED) is 0.496. The minimum absolute atomic E-state index is 0.221. The molecule has 0 unspecified atom stereocenters. The molecular formula is C21H25F2N7O. The predicted octanol–water partition coefficient (Wildman–Crippen LogP) is 4.64. The molecule has 4 heterocycles. The molecule has 0 aliphatic rings. The first-order valence-corrected chi connectivity index (χ1v) is 9.84. The summed E-state index contributed by atoms with van der Waals surface area (Å²) in [7, 11) is 0. The zero-order chi connectivity index (χ0) is 22.5. The van der Waals surface area contributed by atoms with Crippen molar-refractivity contribution >= 4 is 16.7 Å². The molecule has 0 aromatic carbocycles. The van der Waals surface area contributed by atoms with Crippen molar-refractivity contribution < 1.29 is 13.5 Å². The molecule has 0 aliphatic carbocycles.